The molecule has 1 aromatic rings. The smallest absolute Gasteiger partial charge is 0.230 e. The van der Waals surface area contributed by atoms with Crippen LogP contribution in [-0.4, -0.2) is 23.2 Å². The first-order valence-electron chi connectivity index (χ1n) is 5.33. The maximum absolute atomic E-state index is 11.4. The van der Waals surface area contributed by atoms with E-state index in [1.165, 1.54) is 11.8 Å². The van der Waals surface area contributed by atoms with E-state index in [1.54, 1.807) is 12.3 Å². The van der Waals surface area contributed by atoms with Gasteiger partial charge in [-0.05, 0) is 18.6 Å². The molecule has 0 aliphatic carbocycles. The van der Waals surface area contributed by atoms with Crippen LogP contribution in [0.2, 0.25) is 0 Å². The normalized spacial score (nSPS) is 10.1. The number of anilines is 1. The second-order valence-corrected chi connectivity index (χ2v) is 4.46. The number of pyridine rings is 1. The summed E-state index contributed by atoms with van der Waals surface area (Å²) < 4.78 is 0. The number of carbonyl (C=O) groups excluding carboxylic acids is 1. The summed E-state index contributed by atoms with van der Waals surface area (Å²) in [5.41, 5.74) is 5.46. The molecule has 0 saturated heterocycles. The number of aromatic nitrogens is 1. The van der Waals surface area contributed by atoms with E-state index in [2.05, 4.69) is 17.2 Å². The first-order chi connectivity index (χ1) is 7.72. The third kappa shape index (κ3) is 5.02. The lowest BCUT2D eigenvalue weighted by Crippen LogP contribution is -2.25. The number of unbranched alkanes of at least 4 members (excludes halogenated alkanes) is 1. The van der Waals surface area contributed by atoms with E-state index in [0.717, 1.165) is 24.3 Å². The zero-order valence-corrected chi connectivity index (χ0v) is 10.2. The van der Waals surface area contributed by atoms with Crippen molar-refractivity contribution in [3.05, 3.63) is 18.3 Å². The van der Waals surface area contributed by atoms with E-state index in [-0.39, 0.29) is 5.91 Å². The van der Waals surface area contributed by atoms with Crippen molar-refractivity contribution in [3.63, 3.8) is 0 Å². The van der Waals surface area contributed by atoms with Gasteiger partial charge in [-0.3, -0.25) is 4.79 Å². The molecule has 4 nitrogen and oxygen atoms in total. The van der Waals surface area contributed by atoms with Crippen LogP contribution in [0.5, 0.6) is 0 Å². The fourth-order valence-electron chi connectivity index (χ4n) is 1.08. The molecular weight excluding hydrogens is 222 g/mol. The minimum Gasteiger partial charge on any atom is -0.384 e. The van der Waals surface area contributed by atoms with Gasteiger partial charge in [0, 0.05) is 17.6 Å². The number of nitrogens with one attached hydrogen (secondary N) is 1. The predicted octanol–water partition coefficient (Wildman–Crippen LogP) is 1.67. The number of nitrogens with zero attached hydrogens (tertiary/aromatic N) is 1. The molecule has 88 valence electrons. The molecule has 0 radical (unpaired) electrons. The Hall–Kier alpha value is -1.23. The van der Waals surface area contributed by atoms with E-state index >= 15 is 0 Å². The molecule has 16 heavy (non-hydrogen) atoms. The van der Waals surface area contributed by atoms with Crippen LogP contribution in [0.3, 0.4) is 0 Å². The maximum atomic E-state index is 11.4. The standard InChI is InChI=1S/C11H17N3OS/c1-2-3-6-13-11(15)8-16-9-4-5-10(12)14-7-9/h4-5,7H,2-3,6,8H2,1H3,(H2,12,14)(H,13,15). The average Bonchev–Trinajstić information content (AvgIpc) is 2.29. The molecule has 0 aromatic carbocycles. The van der Waals surface area contributed by atoms with Gasteiger partial charge in [0.15, 0.2) is 0 Å². The largest absolute Gasteiger partial charge is 0.384 e. The summed E-state index contributed by atoms with van der Waals surface area (Å²) in [5, 5.41) is 2.86. The molecule has 0 spiro atoms. The molecule has 1 amide bonds. The summed E-state index contributed by atoms with van der Waals surface area (Å²) in [6, 6.07) is 3.60. The Balaban J connectivity index is 2.23. The number of hydrogen-bond donors (Lipinski definition) is 2. The maximum Gasteiger partial charge on any atom is 0.230 e. The fraction of sp³-hybridized carbons (Fsp3) is 0.455. The number of carbonyl (C=O) groups is 1. The summed E-state index contributed by atoms with van der Waals surface area (Å²) in [4.78, 5) is 16.3. The summed E-state index contributed by atoms with van der Waals surface area (Å²) in [7, 11) is 0. The van der Waals surface area contributed by atoms with Crippen LogP contribution in [0.15, 0.2) is 23.2 Å². The molecule has 3 N–H and O–H groups in total. The Morgan fingerprint density at radius 1 is 1.56 bits per heavy atom. The van der Waals surface area contributed by atoms with Crippen molar-refractivity contribution in [2.24, 2.45) is 0 Å². The van der Waals surface area contributed by atoms with E-state index < -0.39 is 0 Å². The Bertz CT molecular complexity index is 327. The van der Waals surface area contributed by atoms with Crippen LogP contribution in [0.4, 0.5) is 5.82 Å². The third-order valence-corrected chi connectivity index (χ3v) is 2.96. The van der Waals surface area contributed by atoms with Crippen LogP contribution in [-0.2, 0) is 4.79 Å². The highest BCUT2D eigenvalue weighted by molar-refractivity contribution is 8.00. The molecule has 0 bridgehead atoms. The van der Waals surface area contributed by atoms with Crippen LogP contribution >= 0.6 is 11.8 Å². The van der Waals surface area contributed by atoms with Crippen molar-refractivity contribution >= 4 is 23.5 Å². The lowest BCUT2D eigenvalue weighted by Gasteiger charge is -2.04. The van der Waals surface area contributed by atoms with Gasteiger partial charge in [-0.25, -0.2) is 4.98 Å². The Kier molecular flexibility index (Phi) is 5.71. The van der Waals surface area contributed by atoms with E-state index in [0.29, 0.717) is 11.6 Å². The highest BCUT2D eigenvalue weighted by atomic mass is 32.2. The Labute approximate surface area is 100 Å². The molecule has 0 saturated carbocycles. The topological polar surface area (TPSA) is 68.0 Å². The molecule has 0 atom stereocenters. The lowest BCUT2D eigenvalue weighted by molar-refractivity contribution is -0.118. The van der Waals surface area contributed by atoms with Gasteiger partial charge in [0.1, 0.15) is 5.82 Å². The molecule has 0 aliphatic heterocycles. The van der Waals surface area contributed by atoms with Crippen molar-refractivity contribution in [3.8, 4) is 0 Å². The molecule has 1 heterocycles. The Morgan fingerprint density at radius 3 is 3.00 bits per heavy atom. The van der Waals surface area contributed by atoms with Crippen molar-refractivity contribution in [1.82, 2.24) is 10.3 Å². The van der Waals surface area contributed by atoms with Gasteiger partial charge >= 0.3 is 0 Å². The summed E-state index contributed by atoms with van der Waals surface area (Å²) in [6.07, 6.45) is 3.80. The number of thioether (sulfide) groups is 1. The molecule has 5 heteroatoms. The first kappa shape index (κ1) is 12.8. The number of hydrogen-bond acceptors (Lipinski definition) is 4. The van der Waals surface area contributed by atoms with E-state index in [4.69, 9.17) is 5.73 Å². The minimum atomic E-state index is 0.0651. The molecular formula is C11H17N3OS. The monoisotopic (exact) mass is 239 g/mol. The van der Waals surface area contributed by atoms with Crippen molar-refractivity contribution < 1.29 is 4.79 Å². The zero-order chi connectivity index (χ0) is 11.8. The van der Waals surface area contributed by atoms with E-state index in [9.17, 15) is 4.79 Å². The van der Waals surface area contributed by atoms with E-state index in [1.807, 2.05) is 6.07 Å². The van der Waals surface area contributed by atoms with Crippen LogP contribution in [0.1, 0.15) is 19.8 Å². The first-order valence-corrected chi connectivity index (χ1v) is 6.32. The van der Waals surface area contributed by atoms with Gasteiger partial charge in [-0.1, -0.05) is 13.3 Å². The number of rotatable bonds is 6. The Morgan fingerprint density at radius 2 is 2.38 bits per heavy atom. The van der Waals surface area contributed by atoms with Crippen molar-refractivity contribution in [2.75, 3.05) is 18.0 Å². The lowest BCUT2D eigenvalue weighted by atomic mass is 10.3. The number of nitrogen functional groups attached to an aromatic ring is 1. The summed E-state index contributed by atoms with van der Waals surface area (Å²) in [6.45, 7) is 2.86. The van der Waals surface area contributed by atoms with Crippen molar-refractivity contribution in [2.45, 2.75) is 24.7 Å². The van der Waals surface area contributed by atoms with Gasteiger partial charge < -0.3 is 11.1 Å². The number of nitrogens with two attached hydrogens (primary N) is 1. The van der Waals surface area contributed by atoms with Crippen molar-refractivity contribution in [1.29, 1.82) is 0 Å². The van der Waals surface area contributed by atoms with Gasteiger partial charge in [-0.15, -0.1) is 11.8 Å². The zero-order valence-electron chi connectivity index (χ0n) is 9.40. The molecule has 1 aromatic heterocycles. The molecule has 0 fully saturated rings. The van der Waals surface area contributed by atoms with Crippen LogP contribution in [0.25, 0.3) is 0 Å². The molecule has 0 aliphatic rings. The fourth-order valence-corrected chi connectivity index (χ4v) is 1.77. The number of amides is 1. The second kappa shape index (κ2) is 7.11. The highest BCUT2D eigenvalue weighted by Gasteiger charge is 2.01. The third-order valence-electron chi connectivity index (χ3n) is 1.98. The highest BCUT2D eigenvalue weighted by Crippen LogP contribution is 2.16. The predicted molar refractivity (Wildman–Crippen MR) is 67.3 cm³/mol. The van der Waals surface area contributed by atoms with Gasteiger partial charge in [0.2, 0.25) is 5.91 Å². The average molecular weight is 239 g/mol. The van der Waals surface area contributed by atoms with Crippen LogP contribution in [0, 0.1) is 0 Å². The minimum absolute atomic E-state index is 0.0651. The summed E-state index contributed by atoms with van der Waals surface area (Å²) >= 11 is 1.47. The van der Waals surface area contributed by atoms with Gasteiger partial charge in [-0.2, -0.15) is 0 Å². The second-order valence-electron chi connectivity index (χ2n) is 3.41. The quantitative estimate of drug-likeness (QED) is 0.585. The molecule has 0 unspecified atom stereocenters. The molecule has 1 rings (SSSR count). The SMILES string of the molecule is CCCCNC(=O)CSc1ccc(N)nc1. The van der Waals surface area contributed by atoms with Gasteiger partial charge in [0.25, 0.3) is 0 Å². The summed E-state index contributed by atoms with van der Waals surface area (Å²) in [5.74, 6) is 0.988. The van der Waals surface area contributed by atoms with Crippen LogP contribution < -0.4 is 11.1 Å². The van der Waals surface area contributed by atoms with Gasteiger partial charge in [0.05, 0.1) is 5.75 Å².